The average Bonchev–Trinajstić information content (AvgIpc) is 2.42. The van der Waals surface area contributed by atoms with E-state index in [0.717, 1.165) is 22.9 Å². The van der Waals surface area contributed by atoms with Gasteiger partial charge in [-0.2, -0.15) is 0 Å². The highest BCUT2D eigenvalue weighted by molar-refractivity contribution is 6.10. The summed E-state index contributed by atoms with van der Waals surface area (Å²) in [5.41, 5.74) is 2.07. The Kier molecular flexibility index (Phi) is 1.82. The maximum Gasteiger partial charge on any atom is 0.177 e. The Labute approximate surface area is 87.9 Å². The van der Waals surface area contributed by atoms with Crippen LogP contribution >= 0.6 is 0 Å². The average molecular weight is 197 g/mol. The van der Waals surface area contributed by atoms with Gasteiger partial charge in [-0.05, 0) is 16.3 Å². The first-order valence-electron chi connectivity index (χ1n) is 5.11. The van der Waals surface area contributed by atoms with Crippen molar-refractivity contribution in [1.29, 1.82) is 0 Å². The molecular weight excluding hydrogens is 186 g/mol. The fourth-order valence-electron chi connectivity index (χ4n) is 2.20. The molecule has 15 heavy (non-hydrogen) atoms. The molecule has 74 valence electrons. The van der Waals surface area contributed by atoms with E-state index < -0.39 is 0 Å². The van der Waals surface area contributed by atoms with E-state index in [1.165, 1.54) is 5.56 Å². The summed E-state index contributed by atoms with van der Waals surface area (Å²) in [6, 6.07) is 12.1. The minimum absolute atomic E-state index is 0.186. The van der Waals surface area contributed by atoms with Gasteiger partial charge in [0.15, 0.2) is 5.78 Å². The van der Waals surface area contributed by atoms with Crippen molar-refractivity contribution in [1.82, 2.24) is 5.32 Å². The molecule has 0 fully saturated rings. The molecule has 0 saturated carbocycles. The van der Waals surface area contributed by atoms with Crippen LogP contribution in [0.4, 0.5) is 0 Å². The van der Waals surface area contributed by atoms with Crippen molar-refractivity contribution in [3.8, 4) is 0 Å². The molecule has 2 nitrogen and oxygen atoms in total. The number of hydrogen-bond donors (Lipinski definition) is 1. The monoisotopic (exact) mass is 197 g/mol. The van der Waals surface area contributed by atoms with Crippen molar-refractivity contribution < 1.29 is 4.79 Å². The summed E-state index contributed by atoms with van der Waals surface area (Å²) in [5, 5.41) is 5.43. The minimum atomic E-state index is 0.186. The van der Waals surface area contributed by atoms with Crippen LogP contribution in [-0.4, -0.2) is 12.3 Å². The Morgan fingerprint density at radius 2 is 1.80 bits per heavy atom. The molecule has 1 heterocycles. The Bertz CT molecular complexity index is 540. The van der Waals surface area contributed by atoms with Crippen molar-refractivity contribution in [3.05, 3.63) is 47.5 Å². The van der Waals surface area contributed by atoms with Crippen LogP contribution in [0.3, 0.4) is 0 Å². The second-order valence-corrected chi connectivity index (χ2v) is 3.85. The molecule has 0 aromatic heterocycles. The molecule has 0 amide bonds. The van der Waals surface area contributed by atoms with Crippen molar-refractivity contribution in [2.75, 3.05) is 6.54 Å². The molecule has 0 unspecified atom stereocenters. The zero-order valence-electron chi connectivity index (χ0n) is 8.29. The molecule has 1 aliphatic rings. The van der Waals surface area contributed by atoms with Gasteiger partial charge in [-0.3, -0.25) is 4.79 Å². The first kappa shape index (κ1) is 8.62. The number of Topliss-reactive ketones (excluding diaryl/α,β-unsaturated/α-hetero) is 1. The van der Waals surface area contributed by atoms with Crippen LogP contribution < -0.4 is 5.32 Å². The van der Waals surface area contributed by atoms with Crippen LogP contribution in [-0.2, 0) is 6.54 Å². The maximum absolute atomic E-state index is 11.8. The van der Waals surface area contributed by atoms with E-state index in [1.807, 2.05) is 18.2 Å². The molecule has 3 rings (SSSR count). The van der Waals surface area contributed by atoms with E-state index >= 15 is 0 Å². The number of carbonyl (C=O) groups excluding carboxylic acids is 1. The molecule has 1 aliphatic heterocycles. The summed E-state index contributed by atoms with van der Waals surface area (Å²) in [6.45, 7) is 1.22. The van der Waals surface area contributed by atoms with Gasteiger partial charge in [0.1, 0.15) is 0 Å². The maximum atomic E-state index is 11.8. The summed E-state index contributed by atoms with van der Waals surface area (Å²) in [4.78, 5) is 11.8. The first-order valence-corrected chi connectivity index (χ1v) is 5.11. The highest BCUT2D eigenvalue weighted by Gasteiger charge is 2.15. The zero-order chi connectivity index (χ0) is 10.3. The van der Waals surface area contributed by atoms with E-state index in [1.54, 1.807) is 0 Å². The molecule has 0 aliphatic carbocycles. The van der Waals surface area contributed by atoms with Crippen LogP contribution in [0.5, 0.6) is 0 Å². The largest absolute Gasteiger partial charge is 0.306 e. The third-order valence-electron chi connectivity index (χ3n) is 2.89. The predicted molar refractivity (Wildman–Crippen MR) is 60.0 cm³/mol. The van der Waals surface area contributed by atoms with Crippen molar-refractivity contribution >= 4 is 16.6 Å². The molecule has 0 saturated heterocycles. The molecule has 0 bridgehead atoms. The molecule has 2 aromatic carbocycles. The lowest BCUT2D eigenvalue weighted by atomic mass is 9.98. The molecule has 0 atom stereocenters. The van der Waals surface area contributed by atoms with Crippen molar-refractivity contribution in [2.45, 2.75) is 6.54 Å². The third kappa shape index (κ3) is 1.26. The lowest BCUT2D eigenvalue weighted by Gasteiger charge is -2.05. The second kappa shape index (κ2) is 3.17. The van der Waals surface area contributed by atoms with Gasteiger partial charge in [-0.15, -0.1) is 0 Å². The Balaban J connectivity index is 2.46. The minimum Gasteiger partial charge on any atom is -0.306 e. The molecule has 2 aromatic rings. The van der Waals surface area contributed by atoms with Gasteiger partial charge >= 0.3 is 0 Å². The van der Waals surface area contributed by atoms with Gasteiger partial charge in [0, 0.05) is 12.1 Å². The Hall–Kier alpha value is -1.67. The molecule has 1 N–H and O–H groups in total. The molecule has 2 heteroatoms. The smallest absolute Gasteiger partial charge is 0.177 e. The highest BCUT2D eigenvalue weighted by atomic mass is 16.1. The Morgan fingerprint density at radius 3 is 2.67 bits per heavy atom. The van der Waals surface area contributed by atoms with E-state index in [2.05, 4.69) is 23.5 Å². The van der Waals surface area contributed by atoms with Crippen LogP contribution in [0, 0.1) is 0 Å². The van der Waals surface area contributed by atoms with E-state index in [4.69, 9.17) is 0 Å². The summed E-state index contributed by atoms with van der Waals surface area (Å²) >= 11 is 0. The quantitative estimate of drug-likeness (QED) is 0.701. The van der Waals surface area contributed by atoms with Gasteiger partial charge in [0.05, 0.1) is 6.54 Å². The summed E-state index contributed by atoms with van der Waals surface area (Å²) in [7, 11) is 0. The van der Waals surface area contributed by atoms with Crippen molar-refractivity contribution in [2.24, 2.45) is 0 Å². The van der Waals surface area contributed by atoms with Gasteiger partial charge < -0.3 is 5.32 Å². The molecular formula is C13H11NO. The van der Waals surface area contributed by atoms with Gasteiger partial charge in [-0.1, -0.05) is 36.4 Å². The van der Waals surface area contributed by atoms with Crippen LogP contribution in [0.1, 0.15) is 15.9 Å². The van der Waals surface area contributed by atoms with Crippen LogP contribution in [0.15, 0.2) is 36.4 Å². The number of benzene rings is 2. The Morgan fingerprint density at radius 1 is 1.00 bits per heavy atom. The number of carbonyl (C=O) groups is 1. The number of nitrogens with one attached hydrogen (secondary N) is 1. The lowest BCUT2D eigenvalue weighted by Crippen LogP contribution is -2.19. The zero-order valence-corrected chi connectivity index (χ0v) is 8.29. The summed E-state index contributed by atoms with van der Waals surface area (Å²) < 4.78 is 0. The third-order valence-corrected chi connectivity index (χ3v) is 2.89. The van der Waals surface area contributed by atoms with Crippen LogP contribution in [0.25, 0.3) is 10.8 Å². The number of rotatable bonds is 0. The fraction of sp³-hybridized carbons (Fsp3) is 0.154. The highest BCUT2D eigenvalue weighted by Crippen LogP contribution is 2.24. The van der Waals surface area contributed by atoms with Crippen LogP contribution in [0.2, 0.25) is 0 Å². The second-order valence-electron chi connectivity index (χ2n) is 3.85. The topological polar surface area (TPSA) is 29.1 Å². The van der Waals surface area contributed by atoms with Gasteiger partial charge in [0.25, 0.3) is 0 Å². The molecule has 0 spiro atoms. The number of hydrogen-bond acceptors (Lipinski definition) is 2. The van der Waals surface area contributed by atoms with E-state index in [9.17, 15) is 4.79 Å². The normalized spacial score (nSPS) is 15.3. The lowest BCUT2D eigenvalue weighted by molar-refractivity contribution is 0.0994. The predicted octanol–water partition coefficient (Wildman–Crippen LogP) is 2.13. The van der Waals surface area contributed by atoms with Gasteiger partial charge in [0.2, 0.25) is 0 Å². The van der Waals surface area contributed by atoms with Crippen molar-refractivity contribution in [3.63, 3.8) is 0 Å². The van der Waals surface area contributed by atoms with Gasteiger partial charge in [-0.25, -0.2) is 0 Å². The SMILES string of the molecule is O=C1CNCc2cccc3cccc1c23. The summed E-state index contributed by atoms with van der Waals surface area (Å²) in [5.74, 6) is 0.186. The molecule has 0 radical (unpaired) electrons. The fourth-order valence-corrected chi connectivity index (χ4v) is 2.20. The van der Waals surface area contributed by atoms with E-state index in [0.29, 0.717) is 6.54 Å². The standard InChI is InChI=1S/C13H11NO/c15-12-8-14-7-10-5-1-3-9-4-2-6-11(12)13(9)10/h1-6,14H,7-8H2. The first-order chi connectivity index (χ1) is 7.36. The summed E-state index contributed by atoms with van der Waals surface area (Å²) in [6.07, 6.45) is 0. The number of ketones is 1. The van der Waals surface area contributed by atoms with E-state index in [-0.39, 0.29) is 5.78 Å².